The van der Waals surface area contributed by atoms with Crippen LogP contribution in [0.15, 0.2) is 107 Å². The monoisotopic (exact) mass is 591 g/mol. The Bertz CT molecular complexity index is 1740. The molecule has 0 heterocycles. The van der Waals surface area contributed by atoms with Gasteiger partial charge in [0.1, 0.15) is 6.54 Å². The van der Waals surface area contributed by atoms with E-state index in [1.165, 1.54) is 36.4 Å². The molecular weight excluding hydrogens is 558 g/mol. The second-order valence-electron chi connectivity index (χ2n) is 10.1. The van der Waals surface area contributed by atoms with Crippen molar-refractivity contribution in [3.63, 3.8) is 0 Å². The number of rotatable bonds is 10. The molecule has 0 atom stereocenters. The lowest BCUT2D eigenvalue weighted by atomic mass is 10.0. The predicted octanol–water partition coefficient (Wildman–Crippen LogP) is 6.06. The molecule has 4 rings (SSSR count). The maximum absolute atomic E-state index is 13.6. The summed E-state index contributed by atoms with van der Waals surface area (Å²) >= 11 is 0. The smallest absolute Gasteiger partial charge is 0.264 e. The number of amides is 1. The molecule has 0 aromatic heterocycles. The number of carbonyl (C=O) groups is 1. The van der Waals surface area contributed by atoms with E-state index in [0.29, 0.717) is 17.1 Å². The van der Waals surface area contributed by atoms with Gasteiger partial charge >= 0.3 is 0 Å². The van der Waals surface area contributed by atoms with Crippen LogP contribution in [-0.2, 0) is 24.8 Å². The van der Waals surface area contributed by atoms with Crippen LogP contribution < -0.4 is 14.3 Å². The van der Waals surface area contributed by atoms with Crippen LogP contribution in [0.4, 0.5) is 17.1 Å². The number of carbonyl (C=O) groups excluding carboxylic acids is 1. The molecule has 10 heteroatoms. The first kappa shape index (κ1) is 29.8. The van der Waals surface area contributed by atoms with Gasteiger partial charge in [0.2, 0.25) is 5.91 Å². The van der Waals surface area contributed by atoms with E-state index in [0.717, 1.165) is 21.0 Å². The summed E-state index contributed by atoms with van der Waals surface area (Å²) < 4.78 is 56.7. The summed E-state index contributed by atoms with van der Waals surface area (Å²) in [5.41, 5.74) is 3.92. The van der Waals surface area contributed by atoms with Gasteiger partial charge in [0.25, 0.3) is 20.0 Å². The SMILES string of the molecule is Cc1ccc(C)c(NS(=O)(=O)c2ccc(NC(=O)CN(c3ccc(C(C)C)cc3)S(=O)(=O)c3ccccc3)cc2)c1. The molecule has 0 saturated heterocycles. The highest BCUT2D eigenvalue weighted by molar-refractivity contribution is 7.93. The van der Waals surface area contributed by atoms with E-state index >= 15 is 0 Å². The number of hydrogen-bond acceptors (Lipinski definition) is 5. The zero-order valence-electron chi connectivity index (χ0n) is 23.3. The van der Waals surface area contributed by atoms with Gasteiger partial charge in [0.05, 0.1) is 21.2 Å². The van der Waals surface area contributed by atoms with Crippen LogP contribution in [0.5, 0.6) is 0 Å². The van der Waals surface area contributed by atoms with Crippen LogP contribution in [0, 0.1) is 13.8 Å². The van der Waals surface area contributed by atoms with Crippen LogP contribution in [0.25, 0.3) is 0 Å². The van der Waals surface area contributed by atoms with Crippen molar-refractivity contribution in [2.75, 3.05) is 20.9 Å². The van der Waals surface area contributed by atoms with Crippen LogP contribution in [0.3, 0.4) is 0 Å². The minimum Gasteiger partial charge on any atom is -0.325 e. The van der Waals surface area contributed by atoms with E-state index in [1.807, 2.05) is 52.0 Å². The largest absolute Gasteiger partial charge is 0.325 e. The zero-order valence-corrected chi connectivity index (χ0v) is 25.0. The molecule has 0 spiro atoms. The third kappa shape index (κ3) is 7.14. The normalized spacial score (nSPS) is 11.7. The summed E-state index contributed by atoms with van der Waals surface area (Å²) in [7, 11) is -7.92. The zero-order chi connectivity index (χ0) is 29.8. The summed E-state index contributed by atoms with van der Waals surface area (Å²) in [6, 6.07) is 26.2. The van der Waals surface area contributed by atoms with E-state index in [1.54, 1.807) is 36.4 Å². The number of sulfonamides is 2. The Hall–Kier alpha value is -4.15. The van der Waals surface area contributed by atoms with Crippen molar-refractivity contribution in [1.29, 1.82) is 0 Å². The Labute approximate surface area is 242 Å². The van der Waals surface area contributed by atoms with E-state index in [9.17, 15) is 21.6 Å². The number of aryl methyl sites for hydroxylation is 2. The minimum absolute atomic E-state index is 0.0231. The number of anilines is 3. The summed E-state index contributed by atoms with van der Waals surface area (Å²) in [5.74, 6) is -0.323. The Morgan fingerprint density at radius 3 is 2.02 bits per heavy atom. The van der Waals surface area contributed by atoms with Crippen LogP contribution >= 0.6 is 0 Å². The van der Waals surface area contributed by atoms with Crippen molar-refractivity contribution in [2.24, 2.45) is 0 Å². The third-order valence-corrected chi connectivity index (χ3v) is 9.72. The second-order valence-corrected chi connectivity index (χ2v) is 13.6. The fourth-order valence-corrected chi connectivity index (χ4v) is 6.72. The number of hydrogen-bond donors (Lipinski definition) is 2. The van der Waals surface area contributed by atoms with E-state index in [4.69, 9.17) is 0 Å². The molecule has 4 aromatic rings. The lowest BCUT2D eigenvalue weighted by Crippen LogP contribution is -2.38. The maximum atomic E-state index is 13.6. The van der Waals surface area contributed by atoms with Gasteiger partial charge < -0.3 is 5.32 Å². The van der Waals surface area contributed by atoms with Gasteiger partial charge in [-0.05, 0) is 91.1 Å². The maximum Gasteiger partial charge on any atom is 0.264 e. The molecule has 214 valence electrons. The number of nitrogens with one attached hydrogen (secondary N) is 2. The van der Waals surface area contributed by atoms with E-state index < -0.39 is 32.5 Å². The molecule has 0 fully saturated rings. The van der Waals surface area contributed by atoms with Crippen molar-refractivity contribution >= 4 is 43.0 Å². The van der Waals surface area contributed by atoms with Gasteiger partial charge in [-0.2, -0.15) is 0 Å². The van der Waals surface area contributed by atoms with E-state index in [2.05, 4.69) is 10.0 Å². The quantitative estimate of drug-likeness (QED) is 0.233. The first-order valence-electron chi connectivity index (χ1n) is 13.0. The Morgan fingerprint density at radius 2 is 1.41 bits per heavy atom. The molecular formula is C31H33N3O5S2. The average Bonchev–Trinajstić information content (AvgIpc) is 2.94. The van der Waals surface area contributed by atoms with Crippen LogP contribution in [-0.4, -0.2) is 29.3 Å². The summed E-state index contributed by atoms with van der Waals surface area (Å²) in [6.07, 6.45) is 0. The molecule has 4 aromatic carbocycles. The molecule has 0 unspecified atom stereocenters. The third-order valence-electron chi connectivity index (χ3n) is 6.55. The molecule has 8 nitrogen and oxygen atoms in total. The fourth-order valence-electron chi connectivity index (χ4n) is 4.16. The molecule has 0 saturated carbocycles. The molecule has 0 aliphatic rings. The standard InChI is InChI=1S/C31H33N3O5S2/c1-22(2)25-12-16-27(17-13-25)34(41(38,39)29-8-6-5-7-9-29)21-31(35)32-26-14-18-28(19-15-26)40(36,37)33-30-20-23(3)10-11-24(30)4/h5-20,22,33H,21H2,1-4H3,(H,32,35). The van der Waals surface area contributed by atoms with Gasteiger partial charge in [-0.1, -0.05) is 56.3 Å². The predicted molar refractivity (Wildman–Crippen MR) is 163 cm³/mol. The molecule has 2 N–H and O–H groups in total. The van der Waals surface area contributed by atoms with Gasteiger partial charge in [0.15, 0.2) is 0 Å². The second kappa shape index (κ2) is 12.2. The highest BCUT2D eigenvalue weighted by Crippen LogP contribution is 2.26. The molecule has 0 radical (unpaired) electrons. The van der Waals surface area contributed by atoms with Gasteiger partial charge in [-0.15, -0.1) is 0 Å². The van der Waals surface area contributed by atoms with Crippen molar-refractivity contribution in [1.82, 2.24) is 0 Å². The van der Waals surface area contributed by atoms with Crippen molar-refractivity contribution in [2.45, 2.75) is 43.4 Å². The van der Waals surface area contributed by atoms with Crippen molar-refractivity contribution in [3.05, 3.63) is 114 Å². The molecule has 0 aliphatic carbocycles. The molecule has 0 aliphatic heterocycles. The minimum atomic E-state index is -4.05. The van der Waals surface area contributed by atoms with E-state index in [-0.39, 0.29) is 15.7 Å². The fraction of sp³-hybridized carbons (Fsp3) is 0.194. The van der Waals surface area contributed by atoms with Gasteiger partial charge in [-0.3, -0.25) is 13.8 Å². The summed E-state index contributed by atoms with van der Waals surface area (Å²) in [4.78, 5) is 13.2. The summed E-state index contributed by atoms with van der Waals surface area (Å²) in [6.45, 7) is 7.29. The Morgan fingerprint density at radius 1 is 0.780 bits per heavy atom. The Kier molecular flexibility index (Phi) is 8.84. The first-order valence-corrected chi connectivity index (χ1v) is 16.0. The van der Waals surface area contributed by atoms with Crippen molar-refractivity contribution < 1.29 is 21.6 Å². The average molecular weight is 592 g/mol. The highest BCUT2D eigenvalue weighted by atomic mass is 32.2. The van der Waals surface area contributed by atoms with Gasteiger partial charge in [-0.25, -0.2) is 16.8 Å². The number of nitrogens with zero attached hydrogens (tertiary/aromatic N) is 1. The molecule has 1 amide bonds. The Balaban J connectivity index is 1.54. The van der Waals surface area contributed by atoms with Crippen LogP contribution in [0.1, 0.15) is 36.5 Å². The highest BCUT2D eigenvalue weighted by Gasteiger charge is 2.27. The number of benzene rings is 4. The topological polar surface area (TPSA) is 113 Å². The van der Waals surface area contributed by atoms with Gasteiger partial charge in [0, 0.05) is 5.69 Å². The molecule has 41 heavy (non-hydrogen) atoms. The summed E-state index contributed by atoms with van der Waals surface area (Å²) in [5, 5.41) is 2.68. The van der Waals surface area contributed by atoms with Crippen LogP contribution in [0.2, 0.25) is 0 Å². The molecule has 0 bridgehead atoms. The lowest BCUT2D eigenvalue weighted by Gasteiger charge is -2.24. The van der Waals surface area contributed by atoms with Crippen molar-refractivity contribution in [3.8, 4) is 0 Å². The lowest BCUT2D eigenvalue weighted by molar-refractivity contribution is -0.114. The first-order chi connectivity index (χ1) is 19.4.